The monoisotopic (exact) mass is 431 g/mol. The Balaban J connectivity index is 1.68. The van der Waals surface area contributed by atoms with Gasteiger partial charge in [0, 0.05) is 30.0 Å². The molecule has 0 spiro atoms. The summed E-state index contributed by atoms with van der Waals surface area (Å²) < 4.78 is 11.4. The average molecular weight is 433 g/mol. The van der Waals surface area contributed by atoms with Crippen LogP contribution in [0.5, 0.6) is 5.75 Å². The molecule has 1 fully saturated rings. The van der Waals surface area contributed by atoms with Gasteiger partial charge in [-0.05, 0) is 62.8 Å². The zero-order valence-corrected chi connectivity index (χ0v) is 17.1. The lowest BCUT2D eigenvalue weighted by Crippen LogP contribution is -2.42. The van der Waals surface area contributed by atoms with E-state index in [9.17, 15) is 4.79 Å². The normalized spacial score (nSPS) is 20.3. The van der Waals surface area contributed by atoms with E-state index in [4.69, 9.17) is 21.1 Å². The summed E-state index contributed by atoms with van der Waals surface area (Å²) in [4.78, 5) is 14.0. The minimum Gasteiger partial charge on any atom is -0.410 e. The third-order valence-corrected chi connectivity index (χ3v) is 5.44. The number of alkyl halides is 1. The van der Waals surface area contributed by atoms with Crippen LogP contribution in [-0.4, -0.2) is 42.1 Å². The van der Waals surface area contributed by atoms with Crippen LogP contribution < -0.4 is 4.74 Å². The van der Waals surface area contributed by atoms with Gasteiger partial charge in [0.15, 0.2) is 0 Å². The molecule has 1 amide bonds. The summed E-state index contributed by atoms with van der Waals surface area (Å²) in [5.74, 6) is 0.516. The lowest BCUT2D eigenvalue weighted by molar-refractivity contribution is 0.0106. The first-order chi connectivity index (χ1) is 12.1. The van der Waals surface area contributed by atoms with Crippen LogP contribution in [0.2, 0.25) is 5.02 Å². The molecule has 6 heteroatoms. The molecule has 1 saturated carbocycles. The number of carbonyl (C=O) groups is 1. The predicted octanol–water partition coefficient (Wildman–Crippen LogP) is 5.66. The number of rotatable bonds is 8. The van der Waals surface area contributed by atoms with Crippen LogP contribution >= 0.6 is 27.5 Å². The SMILES string of the molecule is CN(C(=O)Oc1ccc(Cl)cc1)[C@H]1CC[C@H](OCCCCCBr)CC1. The Kier molecular flexibility index (Phi) is 9.07. The van der Waals surface area contributed by atoms with Crippen molar-refractivity contribution in [3.63, 3.8) is 0 Å². The number of unbranched alkanes of at least 4 members (excludes halogenated alkanes) is 2. The van der Waals surface area contributed by atoms with Crippen LogP contribution in [0.3, 0.4) is 0 Å². The molecule has 0 unspecified atom stereocenters. The fourth-order valence-electron chi connectivity index (χ4n) is 3.05. The first kappa shape index (κ1) is 20.5. The molecule has 0 atom stereocenters. The summed E-state index contributed by atoms with van der Waals surface area (Å²) in [5.41, 5.74) is 0. The van der Waals surface area contributed by atoms with Gasteiger partial charge >= 0.3 is 6.09 Å². The highest BCUT2D eigenvalue weighted by Gasteiger charge is 2.27. The molecule has 0 N–H and O–H groups in total. The van der Waals surface area contributed by atoms with E-state index >= 15 is 0 Å². The maximum Gasteiger partial charge on any atom is 0.415 e. The van der Waals surface area contributed by atoms with Crippen molar-refractivity contribution in [3.05, 3.63) is 29.3 Å². The van der Waals surface area contributed by atoms with E-state index in [1.165, 1.54) is 12.8 Å². The second-order valence-corrected chi connectivity index (χ2v) is 7.71. The average Bonchev–Trinajstić information content (AvgIpc) is 2.63. The van der Waals surface area contributed by atoms with Crippen molar-refractivity contribution in [2.75, 3.05) is 19.0 Å². The molecule has 1 aromatic rings. The molecule has 25 heavy (non-hydrogen) atoms. The Morgan fingerprint density at radius 3 is 2.48 bits per heavy atom. The number of amides is 1. The van der Waals surface area contributed by atoms with Crippen LogP contribution in [0.25, 0.3) is 0 Å². The van der Waals surface area contributed by atoms with Crippen LogP contribution in [0.15, 0.2) is 24.3 Å². The smallest absolute Gasteiger partial charge is 0.410 e. The van der Waals surface area contributed by atoms with E-state index in [-0.39, 0.29) is 12.1 Å². The lowest BCUT2D eigenvalue weighted by Gasteiger charge is -2.34. The second kappa shape index (κ2) is 11.0. The highest BCUT2D eigenvalue weighted by Crippen LogP contribution is 2.25. The van der Waals surface area contributed by atoms with Crippen LogP contribution in [0.4, 0.5) is 4.79 Å². The van der Waals surface area contributed by atoms with Crippen molar-refractivity contribution in [2.45, 2.75) is 57.1 Å². The zero-order chi connectivity index (χ0) is 18.1. The van der Waals surface area contributed by atoms with Gasteiger partial charge in [-0.2, -0.15) is 0 Å². The zero-order valence-electron chi connectivity index (χ0n) is 14.8. The Morgan fingerprint density at radius 1 is 1.16 bits per heavy atom. The van der Waals surface area contributed by atoms with Crippen LogP contribution in [0, 0.1) is 0 Å². The van der Waals surface area contributed by atoms with Crippen LogP contribution in [-0.2, 0) is 4.74 Å². The molecule has 0 radical (unpaired) electrons. The van der Waals surface area contributed by atoms with Crippen molar-refractivity contribution >= 4 is 33.6 Å². The van der Waals surface area contributed by atoms with E-state index in [1.807, 2.05) is 7.05 Å². The summed E-state index contributed by atoms with van der Waals surface area (Å²) in [6.07, 6.45) is 7.47. The Labute approximate surface area is 163 Å². The molecule has 0 heterocycles. The van der Waals surface area contributed by atoms with E-state index in [0.29, 0.717) is 16.9 Å². The summed E-state index contributed by atoms with van der Waals surface area (Å²) in [6.45, 7) is 0.844. The van der Waals surface area contributed by atoms with Crippen molar-refractivity contribution in [1.82, 2.24) is 4.90 Å². The minimum atomic E-state index is -0.318. The molecule has 4 nitrogen and oxygen atoms in total. The molecule has 1 aliphatic rings. The minimum absolute atomic E-state index is 0.216. The Bertz CT molecular complexity index is 518. The topological polar surface area (TPSA) is 38.8 Å². The number of hydrogen-bond acceptors (Lipinski definition) is 3. The molecular formula is C19H27BrClNO3. The van der Waals surface area contributed by atoms with Crippen molar-refractivity contribution in [1.29, 1.82) is 0 Å². The Morgan fingerprint density at radius 2 is 1.84 bits per heavy atom. The first-order valence-electron chi connectivity index (χ1n) is 8.98. The molecule has 0 aromatic heterocycles. The first-order valence-corrected chi connectivity index (χ1v) is 10.5. The van der Waals surface area contributed by atoms with Crippen LogP contribution in [0.1, 0.15) is 44.9 Å². The molecule has 140 valence electrons. The quantitative estimate of drug-likeness (QED) is 0.393. The number of nitrogens with zero attached hydrogens (tertiary/aromatic N) is 1. The highest BCUT2D eigenvalue weighted by molar-refractivity contribution is 9.09. The molecule has 0 bridgehead atoms. The molecule has 2 rings (SSSR count). The predicted molar refractivity (Wildman–Crippen MR) is 105 cm³/mol. The molecular weight excluding hydrogens is 406 g/mol. The number of hydrogen-bond donors (Lipinski definition) is 0. The summed E-state index contributed by atoms with van der Waals surface area (Å²) in [5, 5.41) is 1.69. The van der Waals surface area contributed by atoms with E-state index in [1.54, 1.807) is 29.2 Å². The highest BCUT2D eigenvalue weighted by atomic mass is 79.9. The number of benzene rings is 1. The largest absolute Gasteiger partial charge is 0.415 e. The summed E-state index contributed by atoms with van der Waals surface area (Å²) in [7, 11) is 1.81. The molecule has 1 aromatic carbocycles. The fourth-order valence-corrected chi connectivity index (χ4v) is 3.57. The van der Waals surface area contributed by atoms with Gasteiger partial charge in [-0.3, -0.25) is 0 Å². The van der Waals surface area contributed by atoms with Gasteiger partial charge in [0.2, 0.25) is 0 Å². The standard InChI is InChI=1S/C19H27BrClNO3/c1-22(19(23)25-18-9-5-15(21)6-10-18)16-7-11-17(12-8-16)24-14-4-2-3-13-20/h5-6,9-10,16-17H,2-4,7-8,11-14H2,1H3/t16-,17-. The third kappa shape index (κ3) is 7.16. The number of carbonyl (C=O) groups excluding carboxylic acids is 1. The van der Waals surface area contributed by atoms with Crippen molar-refractivity contribution in [2.24, 2.45) is 0 Å². The van der Waals surface area contributed by atoms with E-state index in [2.05, 4.69) is 15.9 Å². The van der Waals surface area contributed by atoms with Gasteiger partial charge in [0.1, 0.15) is 5.75 Å². The van der Waals surface area contributed by atoms with Crippen molar-refractivity contribution < 1.29 is 14.3 Å². The summed E-state index contributed by atoms with van der Waals surface area (Å²) in [6, 6.07) is 7.05. The van der Waals surface area contributed by atoms with Gasteiger partial charge < -0.3 is 14.4 Å². The number of ether oxygens (including phenoxy) is 2. The maximum absolute atomic E-state index is 12.3. The van der Waals surface area contributed by atoms with Gasteiger partial charge in [-0.25, -0.2) is 4.79 Å². The Hall–Kier alpha value is -0.780. The van der Waals surface area contributed by atoms with Gasteiger partial charge in [0.25, 0.3) is 0 Å². The molecule has 0 saturated heterocycles. The number of halogens is 2. The molecule has 1 aliphatic carbocycles. The molecule has 0 aliphatic heterocycles. The fraction of sp³-hybridized carbons (Fsp3) is 0.632. The van der Waals surface area contributed by atoms with Crippen molar-refractivity contribution in [3.8, 4) is 5.75 Å². The van der Waals surface area contributed by atoms with Gasteiger partial charge in [-0.1, -0.05) is 34.0 Å². The second-order valence-electron chi connectivity index (χ2n) is 6.48. The van der Waals surface area contributed by atoms with Gasteiger partial charge in [0.05, 0.1) is 6.10 Å². The van der Waals surface area contributed by atoms with E-state index in [0.717, 1.165) is 44.0 Å². The maximum atomic E-state index is 12.3. The van der Waals surface area contributed by atoms with Gasteiger partial charge in [-0.15, -0.1) is 0 Å². The lowest BCUT2D eigenvalue weighted by atomic mass is 9.92. The van der Waals surface area contributed by atoms with E-state index < -0.39 is 0 Å². The third-order valence-electron chi connectivity index (χ3n) is 4.63. The summed E-state index contributed by atoms with van der Waals surface area (Å²) >= 11 is 9.29.